The van der Waals surface area contributed by atoms with Gasteiger partial charge in [-0.15, -0.1) is 6.42 Å². The number of pyridine rings is 1. The fraction of sp³-hybridized carbons (Fsp3) is 0.150. The Morgan fingerprint density at radius 1 is 1.09 bits per heavy atom. The predicted molar refractivity (Wildman–Crippen MR) is 90.5 cm³/mol. The first-order valence-electron chi connectivity index (χ1n) is 7.25. The summed E-state index contributed by atoms with van der Waals surface area (Å²) in [5.41, 5.74) is 4.26. The maximum absolute atomic E-state index is 9.49. The fourth-order valence-electron chi connectivity index (χ4n) is 2.51. The van der Waals surface area contributed by atoms with Crippen LogP contribution in [0.4, 0.5) is 0 Å². The maximum Gasteiger partial charge on any atom is 0.118 e. The molecule has 0 aliphatic rings. The van der Waals surface area contributed by atoms with E-state index in [4.69, 9.17) is 6.42 Å². The topological polar surface area (TPSA) is 33.1 Å². The Balaban J connectivity index is 1.91. The molecule has 0 aliphatic carbocycles. The lowest BCUT2D eigenvalue weighted by atomic mass is 10.0. The molecule has 1 unspecified atom stereocenters. The summed E-state index contributed by atoms with van der Waals surface area (Å²) in [5, 5.41) is 11.8. The number of nitrogens with zero attached hydrogens (tertiary/aromatic N) is 1. The van der Waals surface area contributed by atoms with Crippen LogP contribution in [0.15, 0.2) is 54.7 Å². The van der Waals surface area contributed by atoms with Crippen LogP contribution in [-0.4, -0.2) is 16.2 Å². The molecule has 3 aromatic rings. The van der Waals surface area contributed by atoms with Crippen molar-refractivity contribution in [2.75, 3.05) is 0 Å². The summed E-state index contributed by atoms with van der Waals surface area (Å²) in [6.45, 7) is 2.08. The minimum Gasteiger partial charge on any atom is -0.380 e. The second kappa shape index (κ2) is 6.01. The number of aliphatic hydroxyl groups excluding tert-OH is 1. The van der Waals surface area contributed by atoms with E-state index >= 15 is 0 Å². The zero-order valence-corrected chi connectivity index (χ0v) is 12.5. The number of hydrogen-bond donors (Lipinski definition) is 1. The first-order chi connectivity index (χ1) is 10.7. The molecule has 2 aromatic carbocycles. The van der Waals surface area contributed by atoms with E-state index in [-0.39, 0.29) is 0 Å². The lowest BCUT2D eigenvalue weighted by molar-refractivity contribution is 0.233. The normalized spacial score (nSPS) is 12.0. The smallest absolute Gasteiger partial charge is 0.118 e. The van der Waals surface area contributed by atoms with Crippen molar-refractivity contribution in [1.29, 1.82) is 0 Å². The van der Waals surface area contributed by atoms with Crippen LogP contribution in [0, 0.1) is 19.3 Å². The fourth-order valence-corrected chi connectivity index (χ4v) is 2.51. The van der Waals surface area contributed by atoms with Gasteiger partial charge in [-0.2, -0.15) is 0 Å². The van der Waals surface area contributed by atoms with Crippen molar-refractivity contribution in [3.63, 3.8) is 0 Å². The molecule has 108 valence electrons. The molecule has 1 aromatic heterocycles. The van der Waals surface area contributed by atoms with Gasteiger partial charge in [-0.1, -0.05) is 47.9 Å². The number of hydrogen-bond acceptors (Lipinski definition) is 2. The highest BCUT2D eigenvalue weighted by atomic mass is 16.3. The van der Waals surface area contributed by atoms with Gasteiger partial charge in [0.15, 0.2) is 0 Å². The van der Waals surface area contributed by atoms with Gasteiger partial charge in [0.25, 0.3) is 0 Å². The van der Waals surface area contributed by atoms with Crippen molar-refractivity contribution in [3.05, 3.63) is 65.9 Å². The summed E-state index contributed by atoms with van der Waals surface area (Å²) >= 11 is 0. The monoisotopic (exact) mass is 287 g/mol. The Bertz CT molecular complexity index is 844. The molecule has 0 bridgehead atoms. The SMILES string of the molecule is C#CC(O)Cc1ccc(-c2cc3ccc(C)cc3cn2)cc1. The third kappa shape index (κ3) is 3.00. The molecule has 2 nitrogen and oxygen atoms in total. The molecule has 0 radical (unpaired) electrons. The molecule has 22 heavy (non-hydrogen) atoms. The molecule has 0 saturated heterocycles. The van der Waals surface area contributed by atoms with E-state index in [0.717, 1.165) is 22.2 Å². The zero-order chi connectivity index (χ0) is 15.5. The third-order valence-corrected chi connectivity index (χ3v) is 3.75. The number of terminal acetylenes is 1. The first-order valence-corrected chi connectivity index (χ1v) is 7.25. The van der Waals surface area contributed by atoms with Crippen molar-refractivity contribution in [1.82, 2.24) is 4.98 Å². The van der Waals surface area contributed by atoms with E-state index in [1.165, 1.54) is 10.9 Å². The summed E-state index contributed by atoms with van der Waals surface area (Å²) in [6.07, 6.45) is 6.85. The Morgan fingerprint density at radius 3 is 2.59 bits per heavy atom. The molecule has 3 rings (SSSR count). The largest absolute Gasteiger partial charge is 0.380 e. The highest BCUT2D eigenvalue weighted by Crippen LogP contribution is 2.23. The van der Waals surface area contributed by atoms with Gasteiger partial charge in [-0.05, 0) is 30.0 Å². The van der Waals surface area contributed by atoms with Crippen molar-refractivity contribution in [3.8, 4) is 23.6 Å². The minimum atomic E-state index is -0.729. The zero-order valence-electron chi connectivity index (χ0n) is 12.5. The average molecular weight is 287 g/mol. The maximum atomic E-state index is 9.49. The van der Waals surface area contributed by atoms with Crippen LogP contribution in [0.25, 0.3) is 22.0 Å². The lowest BCUT2D eigenvalue weighted by Crippen LogP contribution is -2.06. The molecule has 2 heteroatoms. The summed E-state index contributed by atoms with van der Waals surface area (Å²) in [6, 6.07) is 16.5. The van der Waals surface area contributed by atoms with Crippen LogP contribution in [0.2, 0.25) is 0 Å². The third-order valence-electron chi connectivity index (χ3n) is 3.75. The van der Waals surface area contributed by atoms with E-state index in [0.29, 0.717) is 6.42 Å². The van der Waals surface area contributed by atoms with E-state index in [2.05, 4.69) is 42.1 Å². The van der Waals surface area contributed by atoms with Crippen LogP contribution in [0.5, 0.6) is 0 Å². The number of aliphatic hydroxyl groups is 1. The second-order valence-electron chi connectivity index (χ2n) is 5.50. The summed E-state index contributed by atoms with van der Waals surface area (Å²) in [5.74, 6) is 2.33. The van der Waals surface area contributed by atoms with E-state index < -0.39 is 6.10 Å². The molecule has 0 fully saturated rings. The van der Waals surface area contributed by atoms with Crippen molar-refractivity contribution in [2.45, 2.75) is 19.4 Å². The molecule has 0 saturated carbocycles. The number of fused-ring (bicyclic) bond motifs is 1. The van der Waals surface area contributed by atoms with Gasteiger partial charge in [0.1, 0.15) is 6.10 Å². The van der Waals surface area contributed by atoms with Gasteiger partial charge in [-0.25, -0.2) is 0 Å². The summed E-state index contributed by atoms with van der Waals surface area (Å²) < 4.78 is 0. The van der Waals surface area contributed by atoms with Gasteiger partial charge in [-0.3, -0.25) is 4.98 Å². The van der Waals surface area contributed by atoms with Crippen LogP contribution < -0.4 is 0 Å². The average Bonchev–Trinajstić information content (AvgIpc) is 2.55. The predicted octanol–water partition coefficient (Wildman–Crippen LogP) is 3.75. The number of aryl methyl sites for hydroxylation is 1. The van der Waals surface area contributed by atoms with Gasteiger partial charge in [0.2, 0.25) is 0 Å². The standard InChI is InChI=1S/C20H17NO/c1-3-19(22)11-15-5-8-16(9-6-15)20-12-17-7-4-14(2)10-18(17)13-21-20/h1,4-10,12-13,19,22H,11H2,2H3. The highest BCUT2D eigenvalue weighted by Gasteiger charge is 2.04. The molecule has 0 aliphatic heterocycles. The van der Waals surface area contributed by atoms with Crippen molar-refractivity contribution >= 4 is 10.8 Å². The van der Waals surface area contributed by atoms with Crippen molar-refractivity contribution < 1.29 is 5.11 Å². The Morgan fingerprint density at radius 2 is 1.86 bits per heavy atom. The molecule has 1 heterocycles. The number of rotatable bonds is 3. The highest BCUT2D eigenvalue weighted by molar-refractivity contribution is 5.85. The van der Waals surface area contributed by atoms with Gasteiger partial charge in [0, 0.05) is 23.6 Å². The van der Waals surface area contributed by atoms with Crippen LogP contribution in [0.3, 0.4) is 0 Å². The first kappa shape index (κ1) is 14.3. The van der Waals surface area contributed by atoms with E-state index in [1.54, 1.807) is 0 Å². The lowest BCUT2D eigenvalue weighted by Gasteiger charge is -2.07. The molecule has 1 N–H and O–H groups in total. The van der Waals surface area contributed by atoms with E-state index in [9.17, 15) is 5.11 Å². The second-order valence-corrected chi connectivity index (χ2v) is 5.50. The van der Waals surface area contributed by atoms with Crippen LogP contribution in [0.1, 0.15) is 11.1 Å². The summed E-state index contributed by atoms with van der Waals surface area (Å²) in [7, 11) is 0. The molecule has 1 atom stereocenters. The Labute approximate surface area is 130 Å². The number of benzene rings is 2. The van der Waals surface area contributed by atoms with Crippen LogP contribution >= 0.6 is 0 Å². The van der Waals surface area contributed by atoms with E-state index in [1.807, 2.05) is 30.5 Å². The van der Waals surface area contributed by atoms with Gasteiger partial charge < -0.3 is 5.11 Å². The van der Waals surface area contributed by atoms with Gasteiger partial charge in [0.05, 0.1) is 5.69 Å². The number of aromatic nitrogens is 1. The molecular formula is C20H17NO. The van der Waals surface area contributed by atoms with Crippen molar-refractivity contribution in [2.24, 2.45) is 0 Å². The Hall–Kier alpha value is -2.63. The molecule has 0 spiro atoms. The minimum absolute atomic E-state index is 0.473. The summed E-state index contributed by atoms with van der Waals surface area (Å²) in [4.78, 5) is 4.54. The van der Waals surface area contributed by atoms with Crippen LogP contribution in [-0.2, 0) is 6.42 Å². The quantitative estimate of drug-likeness (QED) is 0.744. The van der Waals surface area contributed by atoms with Gasteiger partial charge >= 0.3 is 0 Å². The molecular weight excluding hydrogens is 270 g/mol. The molecule has 0 amide bonds. The Kier molecular flexibility index (Phi) is 3.91.